The molecule has 1 heterocycles. The summed E-state index contributed by atoms with van der Waals surface area (Å²) in [5.74, 6) is -0.135. The van der Waals surface area contributed by atoms with Crippen molar-refractivity contribution in [3.63, 3.8) is 0 Å². The molecule has 1 rings (SSSR count). The van der Waals surface area contributed by atoms with Crippen molar-refractivity contribution >= 4 is 5.97 Å². The highest BCUT2D eigenvalue weighted by Crippen LogP contribution is 2.15. The van der Waals surface area contributed by atoms with E-state index in [4.69, 9.17) is 4.74 Å². The quantitative estimate of drug-likeness (QED) is 0.729. The van der Waals surface area contributed by atoms with Gasteiger partial charge in [0.25, 0.3) is 0 Å². The van der Waals surface area contributed by atoms with Crippen LogP contribution in [-0.2, 0) is 9.53 Å². The highest BCUT2D eigenvalue weighted by atomic mass is 16.5. The number of carbonyl (C=O) groups is 1. The third kappa shape index (κ3) is 3.76. The SMILES string of the molecule is CCNC(C)(C)C(=O)OC1CCN(C)CC1. The lowest BCUT2D eigenvalue weighted by Crippen LogP contribution is -2.49. The number of rotatable bonds is 4. The zero-order valence-electron chi connectivity index (χ0n) is 10.9. The monoisotopic (exact) mass is 228 g/mol. The predicted molar refractivity (Wildman–Crippen MR) is 64.4 cm³/mol. The number of carbonyl (C=O) groups excluding carboxylic acids is 1. The maximum Gasteiger partial charge on any atom is 0.326 e. The van der Waals surface area contributed by atoms with Crippen molar-refractivity contribution in [1.29, 1.82) is 0 Å². The first-order valence-electron chi connectivity index (χ1n) is 6.10. The summed E-state index contributed by atoms with van der Waals surface area (Å²) in [7, 11) is 2.10. The molecule has 94 valence electrons. The van der Waals surface area contributed by atoms with E-state index in [1.54, 1.807) is 0 Å². The minimum absolute atomic E-state index is 0.0987. The van der Waals surface area contributed by atoms with Crippen LogP contribution in [0.25, 0.3) is 0 Å². The van der Waals surface area contributed by atoms with E-state index in [-0.39, 0.29) is 12.1 Å². The first-order chi connectivity index (χ1) is 7.45. The van der Waals surface area contributed by atoms with Crippen molar-refractivity contribution in [2.24, 2.45) is 0 Å². The van der Waals surface area contributed by atoms with Crippen molar-refractivity contribution < 1.29 is 9.53 Å². The number of nitrogens with zero attached hydrogens (tertiary/aromatic N) is 1. The Morgan fingerprint density at radius 2 is 2.00 bits per heavy atom. The van der Waals surface area contributed by atoms with Gasteiger partial charge in [0.1, 0.15) is 11.6 Å². The smallest absolute Gasteiger partial charge is 0.326 e. The summed E-state index contributed by atoms with van der Waals surface area (Å²) in [4.78, 5) is 14.2. The molecule has 0 amide bonds. The van der Waals surface area contributed by atoms with Crippen molar-refractivity contribution in [3.05, 3.63) is 0 Å². The summed E-state index contributed by atoms with van der Waals surface area (Å²) in [6.45, 7) is 8.53. The van der Waals surface area contributed by atoms with Gasteiger partial charge in [-0.05, 0) is 40.3 Å². The number of esters is 1. The summed E-state index contributed by atoms with van der Waals surface area (Å²) in [6, 6.07) is 0. The summed E-state index contributed by atoms with van der Waals surface area (Å²) in [5.41, 5.74) is -0.571. The molecule has 0 aromatic carbocycles. The fourth-order valence-corrected chi connectivity index (χ4v) is 1.92. The highest BCUT2D eigenvalue weighted by Gasteiger charge is 2.31. The topological polar surface area (TPSA) is 41.6 Å². The van der Waals surface area contributed by atoms with Gasteiger partial charge in [0.2, 0.25) is 0 Å². The minimum atomic E-state index is -0.571. The molecule has 0 bridgehead atoms. The van der Waals surface area contributed by atoms with E-state index < -0.39 is 5.54 Å². The molecule has 16 heavy (non-hydrogen) atoms. The normalized spacial score (nSPS) is 19.8. The second kappa shape index (κ2) is 5.64. The van der Waals surface area contributed by atoms with Crippen LogP contribution in [-0.4, -0.2) is 49.2 Å². The third-order valence-corrected chi connectivity index (χ3v) is 3.07. The van der Waals surface area contributed by atoms with Gasteiger partial charge in [0, 0.05) is 13.1 Å². The molecule has 4 nitrogen and oxygen atoms in total. The van der Waals surface area contributed by atoms with Gasteiger partial charge < -0.3 is 15.0 Å². The van der Waals surface area contributed by atoms with Crippen LogP contribution in [0.1, 0.15) is 33.6 Å². The number of likely N-dealkylation sites (tertiary alicyclic amines) is 1. The van der Waals surface area contributed by atoms with Gasteiger partial charge in [-0.1, -0.05) is 6.92 Å². The van der Waals surface area contributed by atoms with Gasteiger partial charge in [-0.2, -0.15) is 0 Å². The lowest BCUT2D eigenvalue weighted by Gasteiger charge is -2.31. The lowest BCUT2D eigenvalue weighted by molar-refractivity contribution is -0.157. The van der Waals surface area contributed by atoms with Gasteiger partial charge in [0.05, 0.1) is 0 Å². The van der Waals surface area contributed by atoms with E-state index in [2.05, 4.69) is 17.3 Å². The number of nitrogens with one attached hydrogen (secondary N) is 1. The maximum atomic E-state index is 11.9. The number of hydrogen-bond donors (Lipinski definition) is 1. The Morgan fingerprint density at radius 1 is 1.44 bits per heavy atom. The van der Waals surface area contributed by atoms with Crippen LogP contribution in [0.4, 0.5) is 0 Å². The fraction of sp³-hybridized carbons (Fsp3) is 0.917. The lowest BCUT2D eigenvalue weighted by atomic mass is 10.0. The Kier molecular flexibility index (Phi) is 4.74. The summed E-state index contributed by atoms with van der Waals surface area (Å²) < 4.78 is 5.53. The molecule has 1 saturated heterocycles. The first kappa shape index (κ1) is 13.5. The average molecular weight is 228 g/mol. The van der Waals surface area contributed by atoms with Crippen molar-refractivity contribution in [3.8, 4) is 0 Å². The van der Waals surface area contributed by atoms with Gasteiger partial charge in [0.15, 0.2) is 0 Å². The van der Waals surface area contributed by atoms with Gasteiger partial charge in [-0.25, -0.2) is 0 Å². The standard InChI is InChI=1S/C12H24N2O2/c1-5-13-12(2,3)11(15)16-10-6-8-14(4)9-7-10/h10,13H,5-9H2,1-4H3. The van der Waals surface area contributed by atoms with Crippen LogP contribution in [0.2, 0.25) is 0 Å². The molecular formula is C12H24N2O2. The average Bonchev–Trinajstić information content (AvgIpc) is 2.21. The van der Waals surface area contributed by atoms with Crippen LogP contribution in [0.15, 0.2) is 0 Å². The second-order valence-corrected chi connectivity index (χ2v) is 5.06. The first-order valence-corrected chi connectivity index (χ1v) is 6.10. The van der Waals surface area contributed by atoms with Crippen LogP contribution < -0.4 is 5.32 Å². The Bertz CT molecular complexity index is 233. The summed E-state index contributed by atoms with van der Waals surface area (Å²) in [6.07, 6.45) is 2.00. The number of hydrogen-bond acceptors (Lipinski definition) is 4. The van der Waals surface area contributed by atoms with Crippen molar-refractivity contribution in [2.45, 2.75) is 45.3 Å². The van der Waals surface area contributed by atoms with E-state index >= 15 is 0 Å². The van der Waals surface area contributed by atoms with Crippen molar-refractivity contribution in [2.75, 3.05) is 26.7 Å². The highest BCUT2D eigenvalue weighted by molar-refractivity contribution is 5.79. The molecular weight excluding hydrogens is 204 g/mol. The molecule has 0 radical (unpaired) electrons. The van der Waals surface area contributed by atoms with Gasteiger partial charge in [-0.15, -0.1) is 0 Å². The number of piperidine rings is 1. The van der Waals surface area contributed by atoms with E-state index in [9.17, 15) is 4.79 Å². The molecule has 0 spiro atoms. The summed E-state index contributed by atoms with van der Waals surface area (Å²) in [5, 5.41) is 3.14. The fourth-order valence-electron chi connectivity index (χ4n) is 1.92. The van der Waals surface area contributed by atoms with Crippen molar-refractivity contribution in [1.82, 2.24) is 10.2 Å². The molecule has 0 aromatic heterocycles. The van der Waals surface area contributed by atoms with Crippen LogP contribution in [0.5, 0.6) is 0 Å². The second-order valence-electron chi connectivity index (χ2n) is 5.06. The Morgan fingerprint density at radius 3 is 2.50 bits per heavy atom. The zero-order chi connectivity index (χ0) is 12.2. The van der Waals surface area contributed by atoms with Gasteiger partial charge in [-0.3, -0.25) is 4.79 Å². The molecule has 0 saturated carbocycles. The molecule has 0 unspecified atom stereocenters. The molecule has 0 atom stereocenters. The maximum absolute atomic E-state index is 11.9. The van der Waals surface area contributed by atoms with Crippen LogP contribution in [0.3, 0.4) is 0 Å². The molecule has 0 aromatic rings. The minimum Gasteiger partial charge on any atom is -0.461 e. The number of ether oxygens (including phenoxy) is 1. The van der Waals surface area contributed by atoms with Gasteiger partial charge >= 0.3 is 5.97 Å². The van der Waals surface area contributed by atoms with E-state index in [0.717, 1.165) is 32.5 Å². The Balaban J connectivity index is 2.39. The molecule has 1 aliphatic rings. The van der Waals surface area contributed by atoms with Crippen LogP contribution in [0, 0.1) is 0 Å². The van der Waals surface area contributed by atoms with E-state index in [1.165, 1.54) is 0 Å². The Labute approximate surface area is 98.3 Å². The van der Waals surface area contributed by atoms with Crippen LogP contribution >= 0.6 is 0 Å². The molecule has 1 N–H and O–H groups in total. The van der Waals surface area contributed by atoms with E-state index in [0.29, 0.717) is 0 Å². The molecule has 4 heteroatoms. The molecule has 0 aliphatic carbocycles. The number of likely N-dealkylation sites (N-methyl/N-ethyl adjacent to an activating group) is 1. The van der Waals surface area contributed by atoms with E-state index in [1.807, 2.05) is 20.8 Å². The third-order valence-electron chi connectivity index (χ3n) is 3.07. The largest absolute Gasteiger partial charge is 0.461 e. The Hall–Kier alpha value is -0.610. The molecule has 1 aliphatic heterocycles. The predicted octanol–water partition coefficient (Wildman–Crippen LogP) is 1.01. The summed E-state index contributed by atoms with van der Waals surface area (Å²) >= 11 is 0. The zero-order valence-corrected chi connectivity index (χ0v) is 10.9. The molecule has 1 fully saturated rings.